The summed E-state index contributed by atoms with van der Waals surface area (Å²) in [6.45, 7) is 2.58. The molecule has 0 aliphatic heterocycles. The summed E-state index contributed by atoms with van der Waals surface area (Å²) < 4.78 is 5.13. The van der Waals surface area contributed by atoms with Crippen molar-refractivity contribution in [3.05, 3.63) is 83.6 Å². The van der Waals surface area contributed by atoms with Gasteiger partial charge in [-0.05, 0) is 53.9 Å². The molecular weight excluding hydrogens is 338 g/mol. The first-order valence-corrected chi connectivity index (χ1v) is 8.91. The molecule has 0 unspecified atom stereocenters. The molecule has 0 bridgehead atoms. The molecule has 3 rings (SSSR count). The highest BCUT2D eigenvalue weighted by atomic mass is 16.5. The van der Waals surface area contributed by atoms with Gasteiger partial charge in [-0.1, -0.05) is 31.2 Å². The first-order valence-electron chi connectivity index (χ1n) is 8.91. The van der Waals surface area contributed by atoms with Crippen molar-refractivity contribution < 1.29 is 9.53 Å². The number of nitrogens with one attached hydrogen (secondary N) is 2. The van der Waals surface area contributed by atoms with Crippen LogP contribution >= 0.6 is 0 Å². The zero-order valence-electron chi connectivity index (χ0n) is 15.5. The summed E-state index contributed by atoms with van der Waals surface area (Å²) in [6.07, 6.45) is 2.59. The Labute approximate surface area is 159 Å². The molecule has 138 valence electrons. The van der Waals surface area contributed by atoms with Gasteiger partial charge in [0.25, 0.3) is 5.91 Å². The van der Waals surface area contributed by atoms with Crippen molar-refractivity contribution in [2.24, 2.45) is 0 Å². The smallest absolute Gasteiger partial charge is 0.253 e. The van der Waals surface area contributed by atoms with E-state index in [4.69, 9.17) is 4.74 Å². The second-order valence-corrected chi connectivity index (χ2v) is 6.14. The summed E-state index contributed by atoms with van der Waals surface area (Å²) >= 11 is 0. The molecule has 2 aromatic carbocycles. The van der Waals surface area contributed by atoms with E-state index in [9.17, 15) is 4.79 Å². The molecule has 0 spiro atoms. The standard InChI is InChI=1S/C22H23N3O2/c1-3-16-4-9-19(10-5-16)25-21-13-8-18(15-23-21)22(26)24-14-17-6-11-20(27-2)12-7-17/h4-13,15H,3,14H2,1-2H3,(H,23,25)(H,24,26). The Kier molecular flexibility index (Phi) is 6.05. The first-order chi connectivity index (χ1) is 13.2. The van der Waals surface area contributed by atoms with E-state index in [0.29, 0.717) is 17.9 Å². The van der Waals surface area contributed by atoms with Gasteiger partial charge in [0.05, 0.1) is 12.7 Å². The summed E-state index contributed by atoms with van der Waals surface area (Å²) in [5.41, 5.74) is 3.79. The van der Waals surface area contributed by atoms with Crippen LogP contribution in [0, 0.1) is 0 Å². The maximum atomic E-state index is 12.3. The molecule has 0 atom stereocenters. The number of methoxy groups -OCH3 is 1. The van der Waals surface area contributed by atoms with E-state index in [1.807, 2.05) is 36.4 Å². The molecule has 1 aromatic heterocycles. The van der Waals surface area contributed by atoms with Crippen LogP contribution in [0.25, 0.3) is 0 Å². The molecule has 0 aliphatic rings. The van der Waals surface area contributed by atoms with Gasteiger partial charge in [-0.2, -0.15) is 0 Å². The number of ether oxygens (including phenoxy) is 1. The van der Waals surface area contributed by atoms with Gasteiger partial charge in [0.2, 0.25) is 0 Å². The Morgan fingerprint density at radius 1 is 0.963 bits per heavy atom. The fraction of sp³-hybridized carbons (Fsp3) is 0.182. The lowest BCUT2D eigenvalue weighted by atomic mass is 10.1. The number of benzene rings is 2. The van der Waals surface area contributed by atoms with Crippen LogP contribution in [0.4, 0.5) is 11.5 Å². The van der Waals surface area contributed by atoms with Crippen LogP contribution < -0.4 is 15.4 Å². The Morgan fingerprint density at radius 3 is 2.26 bits per heavy atom. The van der Waals surface area contributed by atoms with E-state index in [1.54, 1.807) is 25.4 Å². The van der Waals surface area contributed by atoms with Crippen molar-refractivity contribution in [3.63, 3.8) is 0 Å². The predicted octanol–water partition coefficient (Wildman–Crippen LogP) is 4.33. The van der Waals surface area contributed by atoms with Gasteiger partial charge in [-0.25, -0.2) is 4.98 Å². The lowest BCUT2D eigenvalue weighted by Gasteiger charge is -2.08. The minimum absolute atomic E-state index is 0.155. The normalized spacial score (nSPS) is 10.3. The number of carbonyl (C=O) groups is 1. The number of carbonyl (C=O) groups excluding carboxylic acids is 1. The van der Waals surface area contributed by atoms with Gasteiger partial charge < -0.3 is 15.4 Å². The van der Waals surface area contributed by atoms with Gasteiger partial charge in [0.1, 0.15) is 11.6 Å². The lowest BCUT2D eigenvalue weighted by molar-refractivity contribution is 0.0950. The van der Waals surface area contributed by atoms with Crippen LogP contribution in [-0.2, 0) is 13.0 Å². The Bertz CT molecular complexity index is 873. The summed E-state index contributed by atoms with van der Waals surface area (Å²) in [4.78, 5) is 16.6. The van der Waals surface area contributed by atoms with Crippen molar-refractivity contribution in [2.45, 2.75) is 19.9 Å². The second kappa shape index (κ2) is 8.85. The fourth-order valence-corrected chi connectivity index (χ4v) is 2.60. The van der Waals surface area contributed by atoms with Gasteiger partial charge in [-0.3, -0.25) is 4.79 Å². The third-order valence-electron chi connectivity index (χ3n) is 4.27. The molecule has 3 aromatic rings. The number of hydrogen-bond acceptors (Lipinski definition) is 4. The summed E-state index contributed by atoms with van der Waals surface area (Å²) in [7, 11) is 1.63. The molecule has 0 aliphatic carbocycles. The van der Waals surface area contributed by atoms with E-state index in [0.717, 1.165) is 23.4 Å². The number of anilines is 2. The second-order valence-electron chi connectivity index (χ2n) is 6.14. The fourth-order valence-electron chi connectivity index (χ4n) is 2.60. The Hall–Kier alpha value is -3.34. The number of amides is 1. The molecule has 27 heavy (non-hydrogen) atoms. The Balaban J connectivity index is 1.55. The molecule has 1 amide bonds. The van der Waals surface area contributed by atoms with Crippen LogP contribution in [-0.4, -0.2) is 18.0 Å². The number of pyridine rings is 1. The number of aromatic nitrogens is 1. The Morgan fingerprint density at radius 2 is 1.67 bits per heavy atom. The maximum absolute atomic E-state index is 12.3. The van der Waals surface area contributed by atoms with Crippen LogP contribution in [0.1, 0.15) is 28.4 Å². The van der Waals surface area contributed by atoms with Crippen LogP contribution in [0.3, 0.4) is 0 Å². The number of rotatable bonds is 7. The number of nitrogens with zero attached hydrogens (tertiary/aromatic N) is 1. The highest BCUT2D eigenvalue weighted by Crippen LogP contribution is 2.16. The molecule has 0 fully saturated rings. The van der Waals surface area contributed by atoms with Crippen molar-refractivity contribution in [1.82, 2.24) is 10.3 Å². The minimum atomic E-state index is -0.155. The molecular formula is C22H23N3O2. The number of aryl methyl sites for hydroxylation is 1. The van der Waals surface area contributed by atoms with Crippen LogP contribution in [0.5, 0.6) is 5.75 Å². The van der Waals surface area contributed by atoms with Gasteiger partial charge in [-0.15, -0.1) is 0 Å². The minimum Gasteiger partial charge on any atom is -0.497 e. The third-order valence-corrected chi connectivity index (χ3v) is 4.27. The summed E-state index contributed by atoms with van der Waals surface area (Å²) in [5, 5.41) is 6.13. The molecule has 0 saturated carbocycles. The van der Waals surface area contributed by atoms with Crippen molar-refractivity contribution in [1.29, 1.82) is 0 Å². The van der Waals surface area contributed by atoms with Crippen molar-refractivity contribution >= 4 is 17.4 Å². The largest absolute Gasteiger partial charge is 0.497 e. The zero-order valence-corrected chi connectivity index (χ0v) is 15.5. The van der Waals surface area contributed by atoms with Crippen molar-refractivity contribution in [2.75, 3.05) is 12.4 Å². The summed E-state index contributed by atoms with van der Waals surface area (Å²) in [6, 6.07) is 19.4. The molecule has 2 N–H and O–H groups in total. The van der Waals surface area contributed by atoms with Crippen molar-refractivity contribution in [3.8, 4) is 5.75 Å². The molecule has 1 heterocycles. The maximum Gasteiger partial charge on any atom is 0.253 e. The predicted molar refractivity (Wildman–Crippen MR) is 108 cm³/mol. The van der Waals surface area contributed by atoms with Gasteiger partial charge in [0, 0.05) is 18.4 Å². The van der Waals surface area contributed by atoms with E-state index in [-0.39, 0.29) is 5.91 Å². The first kappa shape index (κ1) is 18.5. The average molecular weight is 361 g/mol. The lowest BCUT2D eigenvalue weighted by Crippen LogP contribution is -2.22. The SMILES string of the molecule is CCc1ccc(Nc2ccc(C(=O)NCc3ccc(OC)cc3)cn2)cc1. The number of hydrogen-bond donors (Lipinski definition) is 2. The highest BCUT2D eigenvalue weighted by molar-refractivity contribution is 5.94. The average Bonchev–Trinajstić information content (AvgIpc) is 2.73. The molecule has 5 nitrogen and oxygen atoms in total. The monoisotopic (exact) mass is 361 g/mol. The van der Waals surface area contributed by atoms with Crippen LogP contribution in [0.15, 0.2) is 66.9 Å². The summed E-state index contributed by atoms with van der Waals surface area (Å²) in [5.74, 6) is 1.34. The van der Waals surface area contributed by atoms with E-state index in [2.05, 4.69) is 34.7 Å². The highest BCUT2D eigenvalue weighted by Gasteiger charge is 2.06. The van der Waals surface area contributed by atoms with Gasteiger partial charge in [0.15, 0.2) is 0 Å². The molecule has 0 saturated heterocycles. The van der Waals surface area contributed by atoms with E-state index in [1.165, 1.54) is 5.56 Å². The molecule has 0 radical (unpaired) electrons. The van der Waals surface area contributed by atoms with E-state index >= 15 is 0 Å². The van der Waals surface area contributed by atoms with Gasteiger partial charge >= 0.3 is 0 Å². The third kappa shape index (κ3) is 5.07. The quantitative estimate of drug-likeness (QED) is 0.658. The zero-order chi connectivity index (χ0) is 19.1. The van der Waals surface area contributed by atoms with E-state index < -0.39 is 0 Å². The molecule has 5 heteroatoms. The topological polar surface area (TPSA) is 63.2 Å². The van der Waals surface area contributed by atoms with Crippen LogP contribution in [0.2, 0.25) is 0 Å².